The zero-order valence-corrected chi connectivity index (χ0v) is 14.9. The van der Waals surface area contributed by atoms with Gasteiger partial charge in [-0.1, -0.05) is 35.6 Å². The molecule has 0 radical (unpaired) electrons. The highest BCUT2D eigenvalue weighted by molar-refractivity contribution is 7.54. The van der Waals surface area contributed by atoms with Gasteiger partial charge in [0, 0.05) is 0 Å². The maximum atomic E-state index is 13.3. The SMILES string of the molecule is CCOP(=O)(OCC)[C@H](c1ccccc1)N1C[C@@H](C(=O)OC)N=N1. The maximum absolute atomic E-state index is 13.3. The fourth-order valence-corrected chi connectivity index (χ4v) is 4.55. The van der Waals surface area contributed by atoms with Crippen molar-refractivity contribution in [2.75, 3.05) is 26.9 Å². The van der Waals surface area contributed by atoms with Crippen LogP contribution in [0.5, 0.6) is 0 Å². The average molecular weight is 355 g/mol. The van der Waals surface area contributed by atoms with Crippen molar-refractivity contribution in [1.29, 1.82) is 0 Å². The van der Waals surface area contributed by atoms with Gasteiger partial charge in [-0.2, -0.15) is 5.11 Å². The number of hydrogen-bond acceptors (Lipinski definition) is 8. The molecule has 132 valence electrons. The first-order valence-corrected chi connectivity index (χ1v) is 9.35. The summed E-state index contributed by atoms with van der Waals surface area (Å²) in [6.07, 6.45) is 0. The highest BCUT2D eigenvalue weighted by Gasteiger charge is 2.44. The van der Waals surface area contributed by atoms with Crippen LogP contribution in [-0.2, 0) is 23.1 Å². The Morgan fingerprint density at radius 2 is 1.92 bits per heavy atom. The summed E-state index contributed by atoms with van der Waals surface area (Å²) in [6, 6.07) is 8.39. The van der Waals surface area contributed by atoms with Gasteiger partial charge in [-0.25, -0.2) is 4.79 Å². The molecular formula is C15H22N3O5P. The molecule has 0 bridgehead atoms. The van der Waals surface area contributed by atoms with E-state index in [0.717, 1.165) is 0 Å². The number of methoxy groups -OCH3 is 1. The number of ether oxygens (including phenoxy) is 1. The van der Waals surface area contributed by atoms with E-state index in [-0.39, 0.29) is 19.8 Å². The minimum atomic E-state index is -3.55. The minimum absolute atomic E-state index is 0.149. The summed E-state index contributed by atoms with van der Waals surface area (Å²) >= 11 is 0. The lowest BCUT2D eigenvalue weighted by atomic mass is 10.2. The smallest absolute Gasteiger partial charge is 0.359 e. The molecule has 0 aliphatic carbocycles. The van der Waals surface area contributed by atoms with Crippen LogP contribution in [0.3, 0.4) is 0 Å². The molecule has 0 N–H and O–H groups in total. The van der Waals surface area contributed by atoms with Crippen LogP contribution in [-0.4, -0.2) is 43.9 Å². The zero-order chi connectivity index (χ0) is 17.6. The molecule has 1 aliphatic heterocycles. The fraction of sp³-hybridized carbons (Fsp3) is 0.533. The molecule has 2 rings (SSSR count). The summed E-state index contributed by atoms with van der Waals surface area (Å²) in [5, 5.41) is 9.41. The van der Waals surface area contributed by atoms with Gasteiger partial charge in [-0.15, -0.1) is 0 Å². The van der Waals surface area contributed by atoms with E-state index < -0.39 is 25.4 Å². The van der Waals surface area contributed by atoms with Crippen molar-refractivity contribution in [3.63, 3.8) is 0 Å². The van der Waals surface area contributed by atoms with Crippen molar-refractivity contribution in [2.45, 2.75) is 25.7 Å². The van der Waals surface area contributed by atoms with E-state index in [9.17, 15) is 9.36 Å². The molecule has 1 heterocycles. The number of nitrogens with zero attached hydrogens (tertiary/aromatic N) is 3. The minimum Gasteiger partial charge on any atom is -0.467 e. The molecular weight excluding hydrogens is 333 g/mol. The molecule has 0 amide bonds. The Morgan fingerprint density at radius 1 is 1.29 bits per heavy atom. The molecule has 0 spiro atoms. The lowest BCUT2D eigenvalue weighted by Crippen LogP contribution is -2.31. The van der Waals surface area contributed by atoms with Gasteiger partial charge in [0.05, 0.1) is 26.9 Å². The predicted molar refractivity (Wildman–Crippen MR) is 87.4 cm³/mol. The normalized spacial score (nSPS) is 18.6. The van der Waals surface area contributed by atoms with E-state index in [1.165, 1.54) is 12.1 Å². The van der Waals surface area contributed by atoms with E-state index >= 15 is 0 Å². The standard InChI is InChI=1S/C15H22N3O5P/c1-4-22-24(20,23-5-2)14(12-9-7-6-8-10-12)18-11-13(16-17-18)15(19)21-3/h6-10,13-14H,4-5,11H2,1-3H3/t13-,14+/m0/s1. The monoisotopic (exact) mass is 355 g/mol. The third-order valence-corrected chi connectivity index (χ3v) is 5.84. The van der Waals surface area contributed by atoms with Crippen LogP contribution < -0.4 is 0 Å². The summed E-state index contributed by atoms with van der Waals surface area (Å²) in [7, 11) is -2.25. The highest BCUT2D eigenvalue weighted by atomic mass is 31.2. The lowest BCUT2D eigenvalue weighted by molar-refractivity contribution is -0.142. The largest absolute Gasteiger partial charge is 0.467 e. The van der Waals surface area contributed by atoms with Crippen LogP contribution in [0.15, 0.2) is 40.7 Å². The Labute approximate surface area is 141 Å². The Kier molecular flexibility index (Phi) is 6.48. The number of esters is 1. The van der Waals surface area contributed by atoms with Crippen LogP contribution in [0.25, 0.3) is 0 Å². The van der Waals surface area contributed by atoms with Crippen molar-refractivity contribution < 1.29 is 23.1 Å². The number of rotatable bonds is 8. The molecule has 8 nitrogen and oxygen atoms in total. The Balaban J connectivity index is 2.36. The quantitative estimate of drug-likeness (QED) is 0.525. The molecule has 0 fully saturated rings. The molecule has 0 unspecified atom stereocenters. The molecule has 1 aliphatic rings. The first-order chi connectivity index (χ1) is 11.6. The first kappa shape index (κ1) is 18.6. The van der Waals surface area contributed by atoms with Crippen molar-refractivity contribution in [3.8, 4) is 0 Å². The predicted octanol–water partition coefficient (Wildman–Crippen LogP) is 3.18. The number of hydrogen-bond donors (Lipinski definition) is 0. The molecule has 1 aromatic carbocycles. The fourth-order valence-electron chi connectivity index (χ4n) is 2.47. The van der Waals surface area contributed by atoms with Gasteiger partial charge < -0.3 is 13.8 Å². The van der Waals surface area contributed by atoms with Crippen LogP contribution in [0, 0.1) is 0 Å². The van der Waals surface area contributed by atoms with Crippen LogP contribution in [0.1, 0.15) is 25.2 Å². The molecule has 1 aromatic rings. The maximum Gasteiger partial charge on any atom is 0.359 e. The molecule has 0 aromatic heterocycles. The van der Waals surface area contributed by atoms with E-state index in [1.54, 1.807) is 13.8 Å². The Bertz CT molecular complexity index is 615. The van der Waals surface area contributed by atoms with Gasteiger partial charge >= 0.3 is 13.6 Å². The summed E-state index contributed by atoms with van der Waals surface area (Å²) in [6.45, 7) is 4.10. The first-order valence-electron chi connectivity index (χ1n) is 7.74. The number of benzene rings is 1. The average Bonchev–Trinajstić information content (AvgIpc) is 3.05. The second-order valence-electron chi connectivity index (χ2n) is 5.03. The van der Waals surface area contributed by atoms with Crippen LogP contribution >= 0.6 is 7.60 Å². The van der Waals surface area contributed by atoms with E-state index in [4.69, 9.17) is 13.8 Å². The summed E-state index contributed by atoms with van der Waals surface area (Å²) in [5.74, 6) is -1.27. The van der Waals surface area contributed by atoms with Crippen molar-refractivity contribution >= 4 is 13.6 Å². The van der Waals surface area contributed by atoms with Gasteiger partial charge in [0.25, 0.3) is 0 Å². The Hall–Kier alpha value is -1.76. The van der Waals surface area contributed by atoms with Crippen LogP contribution in [0.4, 0.5) is 0 Å². The van der Waals surface area contributed by atoms with Gasteiger partial charge in [0.1, 0.15) is 0 Å². The molecule has 0 saturated carbocycles. The lowest BCUT2D eigenvalue weighted by Gasteiger charge is -2.31. The van der Waals surface area contributed by atoms with Crippen molar-refractivity contribution in [2.24, 2.45) is 10.3 Å². The Morgan fingerprint density at radius 3 is 2.46 bits per heavy atom. The van der Waals surface area contributed by atoms with Crippen molar-refractivity contribution in [3.05, 3.63) is 35.9 Å². The summed E-state index contributed by atoms with van der Waals surface area (Å²) < 4.78 is 29.0. The van der Waals surface area contributed by atoms with Gasteiger partial charge in [-0.05, 0) is 19.4 Å². The third kappa shape index (κ3) is 4.01. The molecule has 24 heavy (non-hydrogen) atoms. The summed E-state index contributed by atoms with van der Waals surface area (Å²) in [4.78, 5) is 11.7. The second kappa shape index (κ2) is 8.37. The summed E-state index contributed by atoms with van der Waals surface area (Å²) in [5.41, 5.74) is 0.715. The number of carbonyl (C=O) groups excluding carboxylic acids is 1. The topological polar surface area (TPSA) is 89.8 Å². The van der Waals surface area contributed by atoms with Crippen molar-refractivity contribution in [1.82, 2.24) is 5.01 Å². The molecule has 0 saturated heterocycles. The van der Waals surface area contributed by atoms with Gasteiger partial charge in [0.2, 0.25) is 0 Å². The van der Waals surface area contributed by atoms with E-state index in [0.29, 0.717) is 5.56 Å². The molecule has 2 atom stereocenters. The number of carbonyl (C=O) groups is 1. The van der Waals surface area contributed by atoms with E-state index in [1.807, 2.05) is 30.3 Å². The zero-order valence-electron chi connectivity index (χ0n) is 14.0. The highest BCUT2D eigenvalue weighted by Crippen LogP contribution is 2.62. The van der Waals surface area contributed by atoms with Gasteiger partial charge in [0.15, 0.2) is 11.8 Å². The van der Waals surface area contributed by atoms with E-state index in [2.05, 4.69) is 10.3 Å². The second-order valence-corrected chi connectivity index (χ2v) is 7.11. The van der Waals surface area contributed by atoms with Gasteiger partial charge in [-0.3, -0.25) is 9.57 Å². The third-order valence-electron chi connectivity index (χ3n) is 3.44. The van der Waals surface area contributed by atoms with Crippen LogP contribution in [0.2, 0.25) is 0 Å². The molecule has 9 heteroatoms.